The lowest BCUT2D eigenvalue weighted by atomic mass is 9.83. The maximum Gasteiger partial charge on any atom is 0.355 e. The van der Waals surface area contributed by atoms with Gasteiger partial charge in [0.15, 0.2) is 16.1 Å². The fraction of sp³-hybridized carbons (Fsp3) is 0.400. The fourth-order valence-corrected chi connectivity index (χ4v) is 6.43. The maximum absolute atomic E-state index is 13.3. The number of benzene rings is 1. The highest BCUT2D eigenvalue weighted by atomic mass is 32.2. The molecule has 9 heteroatoms. The van der Waals surface area contributed by atoms with Crippen LogP contribution in [0.5, 0.6) is 0 Å². The van der Waals surface area contributed by atoms with Crippen LogP contribution in [0.15, 0.2) is 26.1 Å². The van der Waals surface area contributed by atoms with E-state index in [1.165, 1.54) is 17.2 Å². The second-order valence-corrected chi connectivity index (χ2v) is 10.9. The standard InChI is InChI=1S/C20H22N4O3S2/c1-20(2,26)14-9-17(28-10-14)29(27,22-11-21)24-19(25)23-18-15-5-3-4-12(15)8-13-6-7-16(13)18/h8-10,26H,3-7H2,1-2H3,(H2,22,23,24,25,27). The highest BCUT2D eigenvalue weighted by molar-refractivity contribution is 7.94. The number of hydrogen-bond donors (Lipinski definition) is 3. The highest BCUT2D eigenvalue weighted by Crippen LogP contribution is 2.39. The number of urea groups is 1. The number of thiophene rings is 1. The van der Waals surface area contributed by atoms with Gasteiger partial charge < -0.3 is 10.4 Å². The third kappa shape index (κ3) is 3.64. The molecule has 0 radical (unpaired) electrons. The quantitative estimate of drug-likeness (QED) is 0.508. The maximum atomic E-state index is 13.3. The van der Waals surface area contributed by atoms with Crippen LogP contribution in [0.4, 0.5) is 10.5 Å². The number of carbonyl (C=O) groups is 1. The van der Waals surface area contributed by atoms with E-state index in [1.807, 2.05) is 0 Å². The van der Waals surface area contributed by atoms with Crippen molar-refractivity contribution in [2.75, 3.05) is 5.32 Å². The first kappa shape index (κ1) is 19.9. The lowest BCUT2D eigenvalue weighted by Crippen LogP contribution is -2.23. The molecule has 2 aliphatic rings. The van der Waals surface area contributed by atoms with Crippen LogP contribution in [0.1, 0.15) is 48.1 Å². The molecule has 7 nitrogen and oxygen atoms in total. The van der Waals surface area contributed by atoms with E-state index >= 15 is 0 Å². The number of nitrogens with zero attached hydrogens (tertiary/aromatic N) is 2. The van der Waals surface area contributed by atoms with E-state index < -0.39 is 21.5 Å². The molecule has 3 N–H and O–H groups in total. The highest BCUT2D eigenvalue weighted by Gasteiger charge is 2.28. The van der Waals surface area contributed by atoms with Crippen molar-refractivity contribution in [2.45, 2.75) is 55.8 Å². The molecule has 2 aliphatic carbocycles. The molecule has 1 heterocycles. The van der Waals surface area contributed by atoms with E-state index in [-0.39, 0.29) is 4.21 Å². The largest absolute Gasteiger partial charge is 0.386 e. The number of rotatable bonds is 4. The Morgan fingerprint density at radius 2 is 1.97 bits per heavy atom. The third-order valence-electron chi connectivity index (χ3n) is 5.43. The van der Waals surface area contributed by atoms with Crippen molar-refractivity contribution in [1.82, 2.24) is 4.72 Å². The van der Waals surface area contributed by atoms with Gasteiger partial charge in [0.25, 0.3) is 0 Å². The van der Waals surface area contributed by atoms with E-state index in [4.69, 9.17) is 5.26 Å². The predicted octanol–water partition coefficient (Wildman–Crippen LogP) is 3.61. The molecular formula is C20H22N4O3S2. The molecule has 1 aromatic carbocycles. The average Bonchev–Trinajstić information content (AvgIpc) is 3.26. The van der Waals surface area contributed by atoms with Crippen LogP contribution < -0.4 is 10.0 Å². The number of aryl methyl sites for hydroxylation is 2. The molecule has 1 atom stereocenters. The van der Waals surface area contributed by atoms with Crippen molar-refractivity contribution >= 4 is 33.0 Å². The Labute approximate surface area is 174 Å². The summed E-state index contributed by atoms with van der Waals surface area (Å²) in [5.74, 6) is 0. The summed E-state index contributed by atoms with van der Waals surface area (Å²) in [6.45, 7) is 3.21. The Kier molecular flexibility index (Phi) is 4.89. The van der Waals surface area contributed by atoms with Gasteiger partial charge in [-0.3, -0.25) is 0 Å². The number of nitrogens with one attached hydrogen (secondary N) is 2. The summed E-state index contributed by atoms with van der Waals surface area (Å²) in [6.07, 6.45) is 6.52. The van der Waals surface area contributed by atoms with Crippen LogP contribution in [-0.2, 0) is 41.2 Å². The van der Waals surface area contributed by atoms with E-state index in [0.717, 1.165) is 60.3 Å². The minimum atomic E-state index is -3.49. The zero-order valence-electron chi connectivity index (χ0n) is 16.2. The van der Waals surface area contributed by atoms with E-state index in [1.54, 1.807) is 25.4 Å². The number of anilines is 1. The van der Waals surface area contributed by atoms with Gasteiger partial charge in [0.1, 0.15) is 4.21 Å². The third-order valence-corrected chi connectivity index (χ3v) is 8.57. The van der Waals surface area contributed by atoms with Crippen molar-refractivity contribution in [2.24, 2.45) is 4.36 Å². The molecule has 0 bridgehead atoms. The number of hydrogen-bond acceptors (Lipinski definition) is 5. The molecule has 1 aromatic heterocycles. The van der Waals surface area contributed by atoms with Gasteiger partial charge in [0, 0.05) is 5.69 Å². The van der Waals surface area contributed by atoms with Gasteiger partial charge in [-0.15, -0.1) is 15.7 Å². The molecular weight excluding hydrogens is 408 g/mol. The van der Waals surface area contributed by atoms with Crippen molar-refractivity contribution < 1.29 is 14.1 Å². The van der Waals surface area contributed by atoms with Gasteiger partial charge in [-0.2, -0.15) is 5.26 Å². The first-order valence-corrected chi connectivity index (χ1v) is 11.8. The van der Waals surface area contributed by atoms with Crippen molar-refractivity contribution in [3.05, 3.63) is 45.3 Å². The predicted molar refractivity (Wildman–Crippen MR) is 112 cm³/mol. The minimum absolute atomic E-state index is 0.220. The van der Waals surface area contributed by atoms with Crippen LogP contribution in [0.2, 0.25) is 0 Å². The molecule has 2 aromatic rings. The number of nitriles is 1. The molecule has 0 spiro atoms. The van der Waals surface area contributed by atoms with Crippen LogP contribution in [0.3, 0.4) is 0 Å². The van der Waals surface area contributed by atoms with Gasteiger partial charge in [0.05, 0.1) is 5.60 Å². The smallest absolute Gasteiger partial charge is 0.355 e. The van der Waals surface area contributed by atoms with E-state index in [2.05, 4.69) is 20.5 Å². The van der Waals surface area contributed by atoms with E-state index in [9.17, 15) is 14.1 Å². The summed E-state index contributed by atoms with van der Waals surface area (Å²) in [5, 5.41) is 23.7. The number of carbonyl (C=O) groups excluding carboxylic acids is 1. The molecule has 2 amide bonds. The zero-order valence-corrected chi connectivity index (χ0v) is 17.9. The molecule has 152 valence electrons. The fourth-order valence-electron chi connectivity index (χ4n) is 3.80. The van der Waals surface area contributed by atoms with Crippen molar-refractivity contribution in [1.29, 1.82) is 5.26 Å². The number of amides is 2. The first-order chi connectivity index (χ1) is 13.7. The zero-order chi connectivity index (χ0) is 20.8. The van der Waals surface area contributed by atoms with Crippen LogP contribution in [-0.4, -0.2) is 15.3 Å². The van der Waals surface area contributed by atoms with Gasteiger partial charge in [-0.1, -0.05) is 6.07 Å². The SMILES string of the molecule is CC(C)(O)c1csc(S(=O)(=NC(=O)Nc2c3c(cc4c2CC4)CCC3)NC#N)c1. The second kappa shape index (κ2) is 7.13. The molecule has 4 rings (SSSR count). The molecule has 0 aliphatic heterocycles. The summed E-state index contributed by atoms with van der Waals surface area (Å²) in [7, 11) is -3.49. The Hall–Kier alpha value is -2.41. The van der Waals surface area contributed by atoms with Gasteiger partial charge in [-0.05, 0) is 85.2 Å². The van der Waals surface area contributed by atoms with Gasteiger partial charge in [0.2, 0.25) is 0 Å². The average molecular weight is 431 g/mol. The lowest BCUT2D eigenvalue weighted by molar-refractivity contribution is 0.0789. The van der Waals surface area contributed by atoms with Crippen molar-refractivity contribution in [3.8, 4) is 6.19 Å². The summed E-state index contributed by atoms with van der Waals surface area (Å²) >= 11 is 1.09. The Morgan fingerprint density at radius 3 is 2.59 bits per heavy atom. The first-order valence-electron chi connectivity index (χ1n) is 9.43. The normalized spacial score (nSPS) is 16.6. The summed E-state index contributed by atoms with van der Waals surface area (Å²) < 4.78 is 19.6. The van der Waals surface area contributed by atoms with Gasteiger partial charge >= 0.3 is 6.03 Å². The monoisotopic (exact) mass is 430 g/mol. The summed E-state index contributed by atoms with van der Waals surface area (Å²) in [4.78, 5) is 12.7. The number of fused-ring (bicyclic) bond motifs is 2. The Morgan fingerprint density at radius 1 is 1.24 bits per heavy atom. The van der Waals surface area contributed by atoms with Crippen LogP contribution in [0, 0.1) is 11.5 Å². The second-order valence-electron chi connectivity index (χ2n) is 7.86. The molecule has 0 saturated heterocycles. The van der Waals surface area contributed by atoms with Crippen LogP contribution in [0.25, 0.3) is 0 Å². The van der Waals surface area contributed by atoms with E-state index in [0.29, 0.717) is 5.56 Å². The summed E-state index contributed by atoms with van der Waals surface area (Å²) in [5.41, 5.74) is 5.02. The Balaban J connectivity index is 1.69. The topological polar surface area (TPSA) is 115 Å². The molecule has 1 unspecified atom stereocenters. The minimum Gasteiger partial charge on any atom is -0.386 e. The van der Waals surface area contributed by atoms with Crippen LogP contribution >= 0.6 is 11.3 Å². The lowest BCUT2D eigenvalue weighted by Gasteiger charge is -2.25. The number of aliphatic hydroxyl groups is 1. The molecule has 0 saturated carbocycles. The van der Waals surface area contributed by atoms with Crippen molar-refractivity contribution in [3.63, 3.8) is 0 Å². The van der Waals surface area contributed by atoms with Gasteiger partial charge in [-0.25, -0.2) is 13.7 Å². The summed E-state index contributed by atoms with van der Waals surface area (Å²) in [6, 6.07) is 3.00. The Bertz CT molecular complexity index is 1160. The molecule has 29 heavy (non-hydrogen) atoms. The molecule has 0 fully saturated rings.